The molecule has 2 heterocycles. The van der Waals surface area contributed by atoms with Crippen LogP contribution in [0, 0.1) is 22.7 Å². The molecule has 0 unspecified atom stereocenters. The van der Waals surface area contributed by atoms with Crippen molar-refractivity contribution >= 4 is 89.3 Å². The van der Waals surface area contributed by atoms with Crippen molar-refractivity contribution < 1.29 is 9.59 Å². The molecule has 2 aliphatic heterocycles. The van der Waals surface area contributed by atoms with E-state index in [1.54, 1.807) is 9.80 Å². The number of nitriles is 2. The van der Waals surface area contributed by atoms with Gasteiger partial charge in [-0.1, -0.05) is 76.1 Å². The van der Waals surface area contributed by atoms with Gasteiger partial charge in [0.1, 0.15) is 9.98 Å². The maximum Gasteiger partial charge on any atom is 0.259 e. The highest BCUT2D eigenvalue weighted by Crippen LogP contribution is 2.49. The number of nitrogens with zero attached hydrogens (tertiary/aromatic N) is 4. The van der Waals surface area contributed by atoms with Crippen LogP contribution in [0.3, 0.4) is 0 Å². The zero-order valence-electron chi connectivity index (χ0n) is 26.3. The number of fused-ring (bicyclic) bond motifs is 2. The fourth-order valence-corrected chi connectivity index (χ4v) is 8.59. The first-order valence-electron chi connectivity index (χ1n) is 16.0. The van der Waals surface area contributed by atoms with Crippen LogP contribution in [0.15, 0.2) is 36.4 Å². The summed E-state index contributed by atoms with van der Waals surface area (Å²) < 4.78 is 0. The normalized spacial score (nSPS) is 15.8. The number of hydrogen-bond donors (Lipinski definition) is 0. The molecule has 0 aromatic heterocycles. The van der Waals surface area contributed by atoms with Gasteiger partial charge in [-0.15, -0.1) is 0 Å². The average Bonchev–Trinajstić information content (AvgIpc) is 3.06. The van der Waals surface area contributed by atoms with Gasteiger partial charge >= 0.3 is 0 Å². The molecule has 8 heteroatoms. The van der Waals surface area contributed by atoms with E-state index in [0.29, 0.717) is 64.9 Å². The van der Waals surface area contributed by atoms with E-state index in [9.17, 15) is 20.1 Å². The van der Waals surface area contributed by atoms with Crippen LogP contribution in [-0.2, 0) is 0 Å². The van der Waals surface area contributed by atoms with E-state index in [-0.39, 0.29) is 23.9 Å². The van der Waals surface area contributed by atoms with Crippen molar-refractivity contribution in [3.63, 3.8) is 0 Å². The largest absolute Gasteiger partial charge is 0.296 e. The second kappa shape index (κ2) is 11.1. The lowest BCUT2D eigenvalue weighted by molar-refractivity contribution is 0.0799. The van der Waals surface area contributed by atoms with Crippen LogP contribution >= 0.6 is 24.4 Å². The Kier molecular flexibility index (Phi) is 7.27. The maximum absolute atomic E-state index is 14.1. The van der Waals surface area contributed by atoms with E-state index in [2.05, 4.69) is 26.0 Å². The lowest BCUT2D eigenvalue weighted by atomic mass is 9.79. The maximum atomic E-state index is 14.1. The minimum absolute atomic E-state index is 0.0892. The van der Waals surface area contributed by atoms with Crippen LogP contribution in [0.2, 0.25) is 0 Å². The molecule has 2 amide bonds. The highest BCUT2D eigenvalue weighted by Gasteiger charge is 2.38. The molecule has 2 aliphatic rings. The number of carbonyl (C=O) groups is 2. The summed E-state index contributed by atoms with van der Waals surface area (Å²) in [4.78, 5) is 32.4. The molecule has 0 radical (unpaired) electrons. The van der Waals surface area contributed by atoms with Crippen LogP contribution in [-0.4, -0.2) is 43.7 Å². The molecule has 0 bridgehead atoms. The number of rotatable bonds is 8. The minimum atomic E-state index is -0.145. The summed E-state index contributed by atoms with van der Waals surface area (Å²) in [6.45, 7) is 8.28. The topological polar surface area (TPSA) is 88.2 Å². The number of benzene rings is 5. The van der Waals surface area contributed by atoms with E-state index in [1.807, 2.05) is 50.2 Å². The molecule has 0 saturated carbocycles. The van der Waals surface area contributed by atoms with Crippen molar-refractivity contribution in [3.05, 3.63) is 69.8 Å². The van der Waals surface area contributed by atoms with Gasteiger partial charge in [0.2, 0.25) is 0 Å². The molecule has 46 heavy (non-hydrogen) atoms. The van der Waals surface area contributed by atoms with E-state index >= 15 is 0 Å². The molecule has 0 aliphatic carbocycles. The summed E-state index contributed by atoms with van der Waals surface area (Å²) in [5.41, 5.74) is 3.32. The molecule has 5 aromatic rings. The van der Waals surface area contributed by atoms with Gasteiger partial charge in [0.25, 0.3) is 11.8 Å². The van der Waals surface area contributed by atoms with Gasteiger partial charge < -0.3 is 0 Å². The van der Waals surface area contributed by atoms with Crippen molar-refractivity contribution in [2.24, 2.45) is 0 Å². The molecule has 5 aromatic carbocycles. The molecular formula is C38H32N4O2S2. The number of carbonyl (C=O) groups excluding carboxylic acids is 2. The third-order valence-electron chi connectivity index (χ3n) is 9.97. The second-order valence-corrected chi connectivity index (χ2v) is 13.5. The number of hydrogen-bond acceptors (Lipinski definition) is 6. The predicted octanol–water partition coefficient (Wildman–Crippen LogP) is 8.90. The van der Waals surface area contributed by atoms with Crippen molar-refractivity contribution in [2.75, 3.05) is 0 Å². The fraction of sp³-hybridized carbons (Fsp3) is 0.316. The fourth-order valence-electron chi connectivity index (χ4n) is 7.74. The molecule has 0 fully saturated rings. The second-order valence-electron chi connectivity index (χ2n) is 12.7. The first kappa shape index (κ1) is 30.2. The summed E-state index contributed by atoms with van der Waals surface area (Å²) >= 11 is 12.0. The van der Waals surface area contributed by atoms with Crippen molar-refractivity contribution in [1.29, 1.82) is 10.5 Å². The zero-order valence-corrected chi connectivity index (χ0v) is 27.9. The molecule has 6 nitrogen and oxygen atoms in total. The molecular weight excluding hydrogens is 609 g/mol. The molecule has 228 valence electrons. The van der Waals surface area contributed by atoms with Gasteiger partial charge in [-0.2, -0.15) is 10.5 Å². The first-order valence-corrected chi connectivity index (χ1v) is 16.9. The summed E-state index contributed by atoms with van der Waals surface area (Å²) in [5.74, 6) is -0.291. The van der Waals surface area contributed by atoms with E-state index in [4.69, 9.17) is 24.4 Å². The van der Waals surface area contributed by atoms with Crippen LogP contribution in [0.4, 0.5) is 0 Å². The Morgan fingerprint density at radius 3 is 1.37 bits per heavy atom. The van der Waals surface area contributed by atoms with Crippen LogP contribution < -0.4 is 0 Å². The number of amides is 2. The van der Waals surface area contributed by atoms with Crippen LogP contribution in [0.1, 0.15) is 109 Å². The van der Waals surface area contributed by atoms with Crippen molar-refractivity contribution in [3.8, 4) is 12.1 Å². The summed E-state index contributed by atoms with van der Waals surface area (Å²) in [7, 11) is 0. The molecule has 0 saturated heterocycles. The summed E-state index contributed by atoms with van der Waals surface area (Å²) in [6, 6.07) is 15.7. The highest BCUT2D eigenvalue weighted by molar-refractivity contribution is 7.81. The number of unbranched alkanes of at least 4 members (excludes halogenated alkanes) is 2. The molecule has 0 spiro atoms. The van der Waals surface area contributed by atoms with Gasteiger partial charge in [0, 0.05) is 66.7 Å². The quantitative estimate of drug-likeness (QED) is 0.0956. The molecule has 7 rings (SSSR count). The number of thiocarbonyl (C=S) groups is 2. The minimum Gasteiger partial charge on any atom is -0.296 e. The summed E-state index contributed by atoms with van der Waals surface area (Å²) in [6.07, 6.45) is 5.61. The summed E-state index contributed by atoms with van der Waals surface area (Å²) in [5, 5.41) is 27.0. The SMILES string of the molecule is CCCC[C@H](C)N1C(=O)c2ccc3c4c(C#N)cc5c6c(ccc(c7c(C#N)cc(c2c37)C1=S)c64)C(=O)N([C@@H](C)CCCC)C5=S. The smallest absolute Gasteiger partial charge is 0.259 e. The Hall–Kier alpha value is -4.50. The van der Waals surface area contributed by atoms with Crippen LogP contribution in [0.25, 0.3) is 43.1 Å². The zero-order chi connectivity index (χ0) is 32.6. The van der Waals surface area contributed by atoms with E-state index < -0.39 is 0 Å². The lowest BCUT2D eigenvalue weighted by Crippen LogP contribution is -2.45. The Labute approximate surface area is 278 Å². The molecule has 0 N–H and O–H groups in total. The Morgan fingerprint density at radius 1 is 0.630 bits per heavy atom. The van der Waals surface area contributed by atoms with Crippen molar-refractivity contribution in [1.82, 2.24) is 9.80 Å². The predicted molar refractivity (Wildman–Crippen MR) is 191 cm³/mol. The lowest BCUT2D eigenvalue weighted by Gasteiger charge is -2.36. The Morgan fingerprint density at radius 2 is 1.02 bits per heavy atom. The first-order chi connectivity index (χ1) is 22.2. The Balaban J connectivity index is 1.59. The van der Waals surface area contributed by atoms with E-state index in [1.165, 1.54) is 0 Å². The van der Waals surface area contributed by atoms with Gasteiger partial charge in [0.05, 0.1) is 23.3 Å². The standard InChI is InChI=1S/C38H32N4O2S2/c1-5-7-9-19(3)41-35(43)25-13-11-23-30-22(18-40)16-28-32-26(36(44)42(38(28)46)20(4)10-8-6-2)14-12-24(34(30)32)29-21(17-39)15-27(37(41)45)31(25)33(23)29/h11-16,19-20H,5-10H2,1-4H3/t19-,20-/m0/s1. The van der Waals surface area contributed by atoms with Gasteiger partial charge in [-0.3, -0.25) is 19.4 Å². The monoisotopic (exact) mass is 640 g/mol. The highest BCUT2D eigenvalue weighted by atomic mass is 32.1. The van der Waals surface area contributed by atoms with Gasteiger partial charge in [-0.25, -0.2) is 0 Å². The van der Waals surface area contributed by atoms with Gasteiger partial charge in [0.15, 0.2) is 0 Å². The van der Waals surface area contributed by atoms with E-state index in [0.717, 1.165) is 60.1 Å². The third kappa shape index (κ3) is 3.97. The Bertz CT molecular complexity index is 2130. The van der Waals surface area contributed by atoms with Gasteiger partial charge in [-0.05, 0) is 61.7 Å². The average molecular weight is 641 g/mol. The molecule has 2 atom stereocenters. The third-order valence-corrected chi connectivity index (χ3v) is 10.8. The van der Waals surface area contributed by atoms with Crippen molar-refractivity contribution in [2.45, 2.75) is 78.3 Å². The van der Waals surface area contributed by atoms with Crippen LogP contribution in [0.5, 0.6) is 0 Å².